The molecular formula is C12H23NO6. The molecule has 4 N–H and O–H groups in total. The van der Waals surface area contributed by atoms with Crippen molar-refractivity contribution < 1.29 is 29.9 Å². The van der Waals surface area contributed by atoms with Crippen molar-refractivity contribution in [3.8, 4) is 0 Å². The van der Waals surface area contributed by atoms with Crippen LogP contribution >= 0.6 is 0 Å². The van der Waals surface area contributed by atoms with Gasteiger partial charge in [-0.3, -0.25) is 4.90 Å². The molecule has 0 saturated carbocycles. The molecule has 0 amide bonds. The second-order valence-corrected chi connectivity index (χ2v) is 5.67. The van der Waals surface area contributed by atoms with Crippen LogP contribution in [0.5, 0.6) is 0 Å². The van der Waals surface area contributed by atoms with Crippen LogP contribution in [0.15, 0.2) is 0 Å². The Kier molecular flexibility index (Phi) is 4.46. The van der Waals surface area contributed by atoms with Crippen molar-refractivity contribution in [2.24, 2.45) is 0 Å². The molecule has 0 unspecified atom stereocenters. The Labute approximate surface area is 112 Å². The minimum atomic E-state index is -0.843. The summed E-state index contributed by atoms with van der Waals surface area (Å²) in [5.41, 5.74) is 0. The summed E-state index contributed by atoms with van der Waals surface area (Å²) >= 11 is 0. The van der Waals surface area contributed by atoms with Crippen LogP contribution in [-0.4, -0.2) is 87.9 Å². The third-order valence-electron chi connectivity index (χ3n) is 3.70. The molecule has 0 aliphatic carbocycles. The number of fused-ring (bicyclic) bond motifs is 1. The van der Waals surface area contributed by atoms with Crippen molar-refractivity contribution in [3.63, 3.8) is 0 Å². The standard InChI is InChI=1S/C12H23NO6/c1-12(2)18-10-8(16)3-13(7(5-14)6-15)4-9(17)11(10)19-12/h7-11,14-17H,3-6H2,1-2H3/t8-,9+,10-,11-/m1/s1. The van der Waals surface area contributed by atoms with Crippen molar-refractivity contribution in [3.05, 3.63) is 0 Å². The van der Waals surface area contributed by atoms with Gasteiger partial charge in [0.1, 0.15) is 12.2 Å². The SMILES string of the molecule is CC1(C)O[C@H]2[C@H](O1)[C@@H](O)CN(C(CO)CO)C[C@H]2O. The second kappa shape index (κ2) is 5.61. The van der Waals surface area contributed by atoms with E-state index in [9.17, 15) is 20.4 Å². The number of β-amino-alcohol motifs (C(OH)–C–C–N with tert-alkyl or cyclic N) is 2. The predicted molar refractivity (Wildman–Crippen MR) is 65.4 cm³/mol. The lowest BCUT2D eigenvalue weighted by atomic mass is 10.1. The van der Waals surface area contributed by atoms with Crippen LogP contribution in [0.3, 0.4) is 0 Å². The molecule has 7 heteroatoms. The molecule has 2 heterocycles. The Morgan fingerprint density at radius 3 is 1.84 bits per heavy atom. The summed E-state index contributed by atoms with van der Waals surface area (Å²) in [5.74, 6) is -0.827. The molecule has 7 nitrogen and oxygen atoms in total. The molecule has 2 saturated heterocycles. The molecule has 0 aromatic rings. The van der Waals surface area contributed by atoms with Gasteiger partial charge in [-0.1, -0.05) is 0 Å². The fourth-order valence-electron chi connectivity index (χ4n) is 2.76. The maximum atomic E-state index is 10.2. The first-order chi connectivity index (χ1) is 8.88. The monoisotopic (exact) mass is 277 g/mol. The Balaban J connectivity index is 2.13. The average molecular weight is 277 g/mol. The highest BCUT2D eigenvalue weighted by Crippen LogP contribution is 2.34. The Bertz CT molecular complexity index is 287. The summed E-state index contributed by atoms with van der Waals surface area (Å²) in [4.78, 5) is 1.66. The molecule has 0 radical (unpaired) electrons. The van der Waals surface area contributed by atoms with Gasteiger partial charge in [0.05, 0.1) is 31.5 Å². The summed E-state index contributed by atoms with van der Waals surface area (Å²) in [6.45, 7) is 3.43. The smallest absolute Gasteiger partial charge is 0.164 e. The van der Waals surface area contributed by atoms with Gasteiger partial charge in [-0.25, -0.2) is 0 Å². The maximum Gasteiger partial charge on any atom is 0.164 e. The highest BCUT2D eigenvalue weighted by atomic mass is 16.8. The van der Waals surface area contributed by atoms with Crippen LogP contribution in [0.4, 0.5) is 0 Å². The van der Waals surface area contributed by atoms with Gasteiger partial charge in [-0.2, -0.15) is 0 Å². The third-order valence-corrected chi connectivity index (χ3v) is 3.70. The van der Waals surface area contributed by atoms with E-state index < -0.39 is 36.2 Å². The van der Waals surface area contributed by atoms with Gasteiger partial charge in [0.25, 0.3) is 0 Å². The molecule has 0 aromatic heterocycles. The summed E-state index contributed by atoms with van der Waals surface area (Å²) in [5, 5.41) is 38.8. The van der Waals surface area contributed by atoms with E-state index in [0.717, 1.165) is 0 Å². The van der Waals surface area contributed by atoms with E-state index in [2.05, 4.69) is 0 Å². The van der Waals surface area contributed by atoms with E-state index in [-0.39, 0.29) is 26.3 Å². The molecule has 2 rings (SSSR count). The van der Waals surface area contributed by atoms with Gasteiger partial charge in [-0.15, -0.1) is 0 Å². The molecule has 0 aromatic carbocycles. The fraction of sp³-hybridized carbons (Fsp3) is 1.00. The van der Waals surface area contributed by atoms with Crippen molar-refractivity contribution in [2.45, 2.75) is 50.1 Å². The maximum absolute atomic E-state index is 10.2. The van der Waals surface area contributed by atoms with Gasteiger partial charge >= 0.3 is 0 Å². The van der Waals surface area contributed by atoms with Crippen LogP contribution in [0.25, 0.3) is 0 Å². The summed E-state index contributed by atoms with van der Waals surface area (Å²) in [6, 6.07) is -0.504. The predicted octanol–water partition coefficient (Wildman–Crippen LogP) is -2.10. The first kappa shape index (κ1) is 15.1. The Morgan fingerprint density at radius 1 is 1.05 bits per heavy atom. The normalized spacial score (nSPS) is 39.3. The Hall–Kier alpha value is -0.280. The van der Waals surface area contributed by atoms with E-state index in [1.807, 2.05) is 0 Å². The van der Waals surface area contributed by atoms with E-state index in [4.69, 9.17) is 9.47 Å². The lowest BCUT2D eigenvalue weighted by molar-refractivity contribution is -0.167. The molecule has 0 spiro atoms. The Morgan fingerprint density at radius 2 is 1.47 bits per heavy atom. The van der Waals surface area contributed by atoms with Crippen LogP contribution < -0.4 is 0 Å². The van der Waals surface area contributed by atoms with Crippen molar-refractivity contribution in [1.82, 2.24) is 4.90 Å². The quantitative estimate of drug-likeness (QED) is 0.468. The zero-order chi connectivity index (χ0) is 14.2. The van der Waals surface area contributed by atoms with Crippen LogP contribution in [0, 0.1) is 0 Å². The van der Waals surface area contributed by atoms with E-state index >= 15 is 0 Å². The molecule has 19 heavy (non-hydrogen) atoms. The first-order valence-corrected chi connectivity index (χ1v) is 6.55. The summed E-state index contributed by atoms with van der Waals surface area (Å²) in [7, 11) is 0. The zero-order valence-corrected chi connectivity index (χ0v) is 11.3. The van der Waals surface area contributed by atoms with Crippen LogP contribution in [0.2, 0.25) is 0 Å². The van der Waals surface area contributed by atoms with Gasteiger partial charge in [0.2, 0.25) is 0 Å². The number of rotatable bonds is 3. The number of aliphatic hydroxyl groups is 4. The number of nitrogens with zero attached hydrogens (tertiary/aromatic N) is 1. The summed E-state index contributed by atoms with van der Waals surface area (Å²) in [6.07, 6.45) is -2.89. The van der Waals surface area contributed by atoms with Gasteiger partial charge < -0.3 is 29.9 Å². The largest absolute Gasteiger partial charge is 0.395 e. The lowest BCUT2D eigenvalue weighted by Crippen LogP contribution is -2.47. The van der Waals surface area contributed by atoms with E-state index in [1.165, 1.54) is 0 Å². The number of likely N-dealkylation sites (tertiary alicyclic amines) is 1. The number of hydrogen-bond donors (Lipinski definition) is 4. The van der Waals surface area contributed by atoms with E-state index in [0.29, 0.717) is 0 Å². The highest BCUT2D eigenvalue weighted by Gasteiger charge is 2.50. The molecule has 2 aliphatic rings. The van der Waals surface area contributed by atoms with Crippen LogP contribution in [-0.2, 0) is 9.47 Å². The van der Waals surface area contributed by atoms with E-state index in [1.54, 1.807) is 18.7 Å². The van der Waals surface area contributed by atoms with Crippen LogP contribution in [0.1, 0.15) is 13.8 Å². The number of ether oxygens (including phenoxy) is 2. The molecule has 2 fully saturated rings. The highest BCUT2D eigenvalue weighted by molar-refractivity contribution is 4.96. The van der Waals surface area contributed by atoms with Crippen molar-refractivity contribution in [2.75, 3.05) is 26.3 Å². The molecular weight excluding hydrogens is 254 g/mol. The molecule has 4 atom stereocenters. The molecule has 112 valence electrons. The number of aliphatic hydroxyl groups excluding tert-OH is 4. The second-order valence-electron chi connectivity index (χ2n) is 5.67. The average Bonchev–Trinajstić information content (AvgIpc) is 2.61. The third kappa shape index (κ3) is 3.08. The number of hydrogen-bond acceptors (Lipinski definition) is 7. The van der Waals surface area contributed by atoms with Gasteiger partial charge in [-0.05, 0) is 13.8 Å². The first-order valence-electron chi connectivity index (χ1n) is 6.55. The minimum absolute atomic E-state index is 0.212. The van der Waals surface area contributed by atoms with Crippen molar-refractivity contribution in [1.29, 1.82) is 0 Å². The van der Waals surface area contributed by atoms with Gasteiger partial charge in [0.15, 0.2) is 5.79 Å². The minimum Gasteiger partial charge on any atom is -0.395 e. The summed E-state index contributed by atoms with van der Waals surface area (Å²) < 4.78 is 11.3. The zero-order valence-electron chi connectivity index (χ0n) is 11.3. The fourth-order valence-corrected chi connectivity index (χ4v) is 2.76. The molecule has 0 bridgehead atoms. The topological polar surface area (TPSA) is 103 Å². The lowest BCUT2D eigenvalue weighted by Gasteiger charge is -2.31. The van der Waals surface area contributed by atoms with Crippen molar-refractivity contribution >= 4 is 0 Å². The van der Waals surface area contributed by atoms with Gasteiger partial charge in [0, 0.05) is 13.1 Å². The molecule has 2 aliphatic heterocycles.